The van der Waals surface area contributed by atoms with Crippen LogP contribution in [0.5, 0.6) is 0 Å². The molecule has 0 heterocycles. The van der Waals surface area contributed by atoms with Crippen LogP contribution in [-0.4, -0.2) is 16.0 Å². The highest BCUT2D eigenvalue weighted by molar-refractivity contribution is 9.09. The Morgan fingerprint density at radius 2 is 1.71 bits per heavy atom. The predicted octanol–water partition coefficient (Wildman–Crippen LogP) is 4.54. The van der Waals surface area contributed by atoms with Crippen LogP contribution < -0.4 is 0 Å². The molecular weight excluding hydrogens is 276 g/mol. The SMILES string of the molecule is CC(C)(C)C1=CCC(Br)CC(C(C)(C)C)C1O. The summed E-state index contributed by atoms with van der Waals surface area (Å²) in [4.78, 5) is 0.487. The first-order valence-corrected chi connectivity index (χ1v) is 7.47. The first-order chi connectivity index (χ1) is 7.53. The quantitative estimate of drug-likeness (QED) is 0.514. The summed E-state index contributed by atoms with van der Waals surface area (Å²) in [7, 11) is 0. The lowest BCUT2D eigenvalue weighted by Gasteiger charge is -2.38. The molecule has 0 aromatic rings. The number of allylic oxidation sites excluding steroid dienone is 1. The van der Waals surface area contributed by atoms with Gasteiger partial charge >= 0.3 is 0 Å². The second kappa shape index (κ2) is 5.05. The number of halogens is 1. The van der Waals surface area contributed by atoms with Crippen LogP contribution in [-0.2, 0) is 0 Å². The van der Waals surface area contributed by atoms with E-state index in [1.807, 2.05) is 0 Å². The molecule has 17 heavy (non-hydrogen) atoms. The largest absolute Gasteiger partial charge is 0.388 e. The Balaban J connectivity index is 3.08. The van der Waals surface area contributed by atoms with Crippen LogP contribution in [0.15, 0.2) is 11.6 Å². The molecule has 0 saturated carbocycles. The Bertz CT molecular complexity index is 293. The van der Waals surface area contributed by atoms with Crippen LogP contribution in [0.3, 0.4) is 0 Å². The maximum absolute atomic E-state index is 10.7. The molecule has 2 heteroatoms. The van der Waals surface area contributed by atoms with Crippen LogP contribution in [0.25, 0.3) is 0 Å². The first kappa shape index (κ1) is 15.2. The summed E-state index contributed by atoms with van der Waals surface area (Å²) >= 11 is 3.74. The smallest absolute Gasteiger partial charge is 0.0788 e. The third-order valence-corrected chi connectivity index (χ3v) is 4.53. The molecule has 0 spiro atoms. The zero-order valence-electron chi connectivity index (χ0n) is 12.0. The van der Waals surface area contributed by atoms with Gasteiger partial charge in [0.05, 0.1) is 6.10 Å². The van der Waals surface area contributed by atoms with Gasteiger partial charge in [-0.15, -0.1) is 0 Å². The fourth-order valence-electron chi connectivity index (χ4n) is 2.67. The van der Waals surface area contributed by atoms with Gasteiger partial charge in [0.1, 0.15) is 0 Å². The molecule has 3 unspecified atom stereocenters. The van der Waals surface area contributed by atoms with Crippen LogP contribution in [0.1, 0.15) is 54.4 Å². The molecule has 0 aromatic heterocycles. The molecule has 0 fully saturated rings. The molecule has 1 nitrogen and oxygen atoms in total. The minimum absolute atomic E-state index is 0.0555. The van der Waals surface area contributed by atoms with E-state index in [0.717, 1.165) is 12.8 Å². The van der Waals surface area contributed by atoms with Crippen LogP contribution in [0, 0.1) is 16.7 Å². The van der Waals surface area contributed by atoms with Gasteiger partial charge in [-0.1, -0.05) is 63.5 Å². The first-order valence-electron chi connectivity index (χ1n) is 6.56. The van der Waals surface area contributed by atoms with Crippen LogP contribution in [0.4, 0.5) is 0 Å². The predicted molar refractivity (Wildman–Crippen MR) is 78.4 cm³/mol. The average molecular weight is 303 g/mol. The van der Waals surface area contributed by atoms with Crippen molar-refractivity contribution >= 4 is 15.9 Å². The van der Waals surface area contributed by atoms with Crippen molar-refractivity contribution in [3.8, 4) is 0 Å². The fraction of sp³-hybridized carbons (Fsp3) is 0.867. The van der Waals surface area contributed by atoms with Crippen molar-refractivity contribution in [3.63, 3.8) is 0 Å². The molecule has 3 atom stereocenters. The van der Waals surface area contributed by atoms with Gasteiger partial charge in [0, 0.05) is 4.83 Å². The Morgan fingerprint density at radius 3 is 2.12 bits per heavy atom. The Labute approximate surface area is 115 Å². The van der Waals surface area contributed by atoms with Crippen LogP contribution in [0.2, 0.25) is 0 Å². The maximum atomic E-state index is 10.7. The number of rotatable bonds is 0. The summed E-state index contributed by atoms with van der Waals surface area (Å²) in [6.07, 6.45) is 4.00. The highest BCUT2D eigenvalue weighted by Gasteiger charge is 2.39. The van der Waals surface area contributed by atoms with Crippen LogP contribution >= 0.6 is 15.9 Å². The number of aliphatic hydroxyl groups excluding tert-OH is 1. The summed E-state index contributed by atoms with van der Waals surface area (Å²) in [6, 6.07) is 0. The van der Waals surface area contributed by atoms with E-state index in [0.29, 0.717) is 10.7 Å². The minimum Gasteiger partial charge on any atom is -0.388 e. The van der Waals surface area contributed by atoms with Gasteiger partial charge in [0.2, 0.25) is 0 Å². The minimum atomic E-state index is -0.308. The van der Waals surface area contributed by atoms with Crippen molar-refractivity contribution in [1.82, 2.24) is 0 Å². The van der Waals surface area contributed by atoms with E-state index in [2.05, 4.69) is 63.5 Å². The van der Waals surface area contributed by atoms with E-state index in [-0.39, 0.29) is 16.9 Å². The molecule has 0 saturated heterocycles. The number of hydrogen-bond donors (Lipinski definition) is 1. The lowest BCUT2D eigenvalue weighted by Crippen LogP contribution is -2.37. The van der Waals surface area contributed by atoms with Crippen molar-refractivity contribution < 1.29 is 5.11 Å². The Morgan fingerprint density at radius 1 is 1.18 bits per heavy atom. The highest BCUT2D eigenvalue weighted by atomic mass is 79.9. The lowest BCUT2D eigenvalue weighted by molar-refractivity contribution is 0.0534. The average Bonchev–Trinajstić information content (AvgIpc) is 2.23. The van der Waals surface area contributed by atoms with Gasteiger partial charge in [-0.05, 0) is 35.2 Å². The van der Waals surface area contributed by atoms with Gasteiger partial charge in [-0.25, -0.2) is 0 Å². The Hall–Kier alpha value is 0.180. The number of alkyl halides is 1. The van der Waals surface area contributed by atoms with Gasteiger partial charge < -0.3 is 5.11 Å². The molecule has 0 radical (unpaired) electrons. The van der Waals surface area contributed by atoms with Gasteiger partial charge in [-0.3, -0.25) is 0 Å². The highest BCUT2D eigenvalue weighted by Crippen LogP contribution is 2.43. The monoisotopic (exact) mass is 302 g/mol. The van der Waals surface area contributed by atoms with Crippen molar-refractivity contribution in [2.75, 3.05) is 0 Å². The zero-order valence-corrected chi connectivity index (χ0v) is 13.6. The second-order valence-electron chi connectivity index (χ2n) is 7.40. The van der Waals surface area contributed by atoms with E-state index >= 15 is 0 Å². The number of hydrogen-bond acceptors (Lipinski definition) is 1. The molecule has 100 valence electrons. The van der Waals surface area contributed by atoms with Crippen molar-refractivity contribution in [3.05, 3.63) is 11.6 Å². The van der Waals surface area contributed by atoms with E-state index in [1.54, 1.807) is 0 Å². The van der Waals surface area contributed by atoms with Gasteiger partial charge in [0.25, 0.3) is 0 Å². The fourth-order valence-corrected chi connectivity index (χ4v) is 3.26. The number of aliphatic hydroxyl groups is 1. The summed E-state index contributed by atoms with van der Waals surface area (Å²) in [5.41, 5.74) is 1.40. The summed E-state index contributed by atoms with van der Waals surface area (Å²) in [5, 5.41) is 10.7. The molecule has 0 aromatic carbocycles. The van der Waals surface area contributed by atoms with E-state index < -0.39 is 0 Å². The molecule has 0 bridgehead atoms. The Kier molecular flexibility index (Phi) is 4.52. The summed E-state index contributed by atoms with van der Waals surface area (Å²) in [6.45, 7) is 13.3. The molecule has 1 N–H and O–H groups in total. The summed E-state index contributed by atoms with van der Waals surface area (Å²) < 4.78 is 0. The lowest BCUT2D eigenvalue weighted by atomic mass is 9.70. The molecule has 1 aliphatic rings. The third-order valence-electron chi connectivity index (χ3n) is 3.78. The van der Waals surface area contributed by atoms with Crippen molar-refractivity contribution in [1.29, 1.82) is 0 Å². The summed E-state index contributed by atoms with van der Waals surface area (Å²) in [5.74, 6) is 0.319. The van der Waals surface area contributed by atoms with E-state index in [1.165, 1.54) is 5.57 Å². The van der Waals surface area contributed by atoms with Gasteiger partial charge in [-0.2, -0.15) is 0 Å². The van der Waals surface area contributed by atoms with Crippen molar-refractivity contribution in [2.45, 2.75) is 65.3 Å². The maximum Gasteiger partial charge on any atom is 0.0788 e. The molecule has 0 amide bonds. The van der Waals surface area contributed by atoms with Crippen molar-refractivity contribution in [2.24, 2.45) is 16.7 Å². The standard InChI is InChI=1S/C15H27BrO/c1-14(2,3)11-8-7-10(16)9-12(13(11)17)15(4,5)6/h8,10,12-13,17H,7,9H2,1-6H3. The van der Waals surface area contributed by atoms with Gasteiger partial charge in [0.15, 0.2) is 0 Å². The third kappa shape index (κ3) is 3.82. The molecule has 0 aliphatic heterocycles. The molecule has 1 aliphatic carbocycles. The topological polar surface area (TPSA) is 20.2 Å². The zero-order chi connectivity index (χ0) is 13.4. The van der Waals surface area contributed by atoms with E-state index in [9.17, 15) is 5.11 Å². The molecular formula is C15H27BrO. The molecule has 1 rings (SSSR count). The second-order valence-corrected chi connectivity index (χ2v) is 8.69. The van der Waals surface area contributed by atoms with E-state index in [4.69, 9.17) is 0 Å². The normalized spacial score (nSPS) is 32.0.